The van der Waals surface area contributed by atoms with Crippen LogP contribution in [0.2, 0.25) is 5.02 Å². The number of hydrogen-bond acceptors (Lipinski definition) is 5. The van der Waals surface area contributed by atoms with Crippen molar-refractivity contribution < 1.29 is 4.74 Å². The maximum absolute atomic E-state index is 6.18. The summed E-state index contributed by atoms with van der Waals surface area (Å²) in [6.45, 7) is 4.83. The van der Waals surface area contributed by atoms with E-state index in [4.69, 9.17) is 16.3 Å². The number of hydrogen-bond donors (Lipinski definition) is 1. The minimum absolute atomic E-state index is 0.497. The Morgan fingerprint density at radius 2 is 1.92 bits per heavy atom. The van der Waals surface area contributed by atoms with E-state index < -0.39 is 0 Å². The lowest BCUT2D eigenvalue weighted by Gasteiger charge is -2.22. The number of ether oxygens (including phenoxy) is 1. The van der Waals surface area contributed by atoms with Crippen LogP contribution in [0.25, 0.3) is 0 Å². The Morgan fingerprint density at radius 3 is 2.62 bits per heavy atom. The van der Waals surface area contributed by atoms with E-state index in [2.05, 4.69) is 39.2 Å². The van der Waals surface area contributed by atoms with Crippen molar-refractivity contribution in [3.05, 3.63) is 65.3 Å². The summed E-state index contributed by atoms with van der Waals surface area (Å²) in [6.07, 6.45) is 1.74. The molecule has 134 valence electrons. The summed E-state index contributed by atoms with van der Waals surface area (Å²) in [6, 6.07) is 15.7. The lowest BCUT2D eigenvalue weighted by molar-refractivity contribution is 0.416. The molecule has 0 spiro atoms. The molecule has 6 heteroatoms. The first kappa shape index (κ1) is 18.0. The van der Waals surface area contributed by atoms with Gasteiger partial charge in [0, 0.05) is 29.5 Å². The van der Waals surface area contributed by atoms with Gasteiger partial charge in [-0.15, -0.1) is 0 Å². The third kappa shape index (κ3) is 3.89. The Bertz CT molecular complexity index is 886. The predicted octanol–water partition coefficient (Wildman–Crippen LogP) is 5.35. The number of rotatable bonds is 6. The molecule has 0 fully saturated rings. The van der Waals surface area contributed by atoms with E-state index in [1.54, 1.807) is 19.4 Å². The monoisotopic (exact) mass is 368 g/mol. The Labute approximate surface area is 158 Å². The lowest BCUT2D eigenvalue weighted by atomic mass is 10.2. The Kier molecular flexibility index (Phi) is 5.58. The number of nitrogens with zero attached hydrogens (tertiary/aromatic N) is 3. The summed E-state index contributed by atoms with van der Waals surface area (Å²) in [5.41, 5.74) is 2.81. The number of aryl methyl sites for hydroxylation is 1. The van der Waals surface area contributed by atoms with Crippen molar-refractivity contribution in [2.24, 2.45) is 0 Å². The van der Waals surface area contributed by atoms with Crippen LogP contribution in [-0.2, 0) is 0 Å². The lowest BCUT2D eigenvalue weighted by Crippen LogP contribution is -2.17. The minimum Gasteiger partial charge on any atom is -0.495 e. The quantitative estimate of drug-likeness (QED) is 0.635. The zero-order valence-electron chi connectivity index (χ0n) is 15.0. The fourth-order valence-corrected chi connectivity index (χ4v) is 2.85. The number of aromatic nitrogens is 2. The Hall–Kier alpha value is -2.79. The predicted molar refractivity (Wildman–Crippen MR) is 107 cm³/mol. The zero-order valence-corrected chi connectivity index (χ0v) is 15.8. The van der Waals surface area contributed by atoms with Crippen molar-refractivity contribution in [1.82, 2.24) is 9.97 Å². The van der Waals surface area contributed by atoms with Gasteiger partial charge in [-0.2, -0.15) is 4.98 Å². The molecule has 0 aliphatic rings. The third-order valence-electron chi connectivity index (χ3n) is 4.03. The van der Waals surface area contributed by atoms with E-state index in [1.165, 1.54) is 0 Å². The van der Waals surface area contributed by atoms with Gasteiger partial charge in [0.2, 0.25) is 5.95 Å². The van der Waals surface area contributed by atoms with Gasteiger partial charge in [-0.25, -0.2) is 4.98 Å². The van der Waals surface area contributed by atoms with Gasteiger partial charge >= 0.3 is 0 Å². The highest BCUT2D eigenvalue weighted by molar-refractivity contribution is 6.31. The number of nitrogens with one attached hydrogen (secondary N) is 1. The highest BCUT2D eigenvalue weighted by Gasteiger charge is 2.12. The molecule has 0 saturated heterocycles. The van der Waals surface area contributed by atoms with Gasteiger partial charge in [0.05, 0.1) is 12.8 Å². The maximum Gasteiger partial charge on any atom is 0.229 e. The number of anilines is 4. The second-order valence-corrected chi connectivity index (χ2v) is 6.15. The average molecular weight is 369 g/mol. The molecule has 1 N–H and O–H groups in total. The first-order valence-corrected chi connectivity index (χ1v) is 8.77. The summed E-state index contributed by atoms with van der Waals surface area (Å²) in [4.78, 5) is 11.1. The second kappa shape index (κ2) is 8.06. The van der Waals surface area contributed by atoms with Crippen LogP contribution in [0.5, 0.6) is 5.75 Å². The van der Waals surface area contributed by atoms with Crippen molar-refractivity contribution in [1.29, 1.82) is 0 Å². The topological polar surface area (TPSA) is 50.3 Å². The number of halogens is 1. The highest BCUT2D eigenvalue weighted by atomic mass is 35.5. The largest absolute Gasteiger partial charge is 0.495 e. The van der Waals surface area contributed by atoms with Crippen LogP contribution >= 0.6 is 11.6 Å². The molecule has 0 aliphatic carbocycles. The molecule has 26 heavy (non-hydrogen) atoms. The van der Waals surface area contributed by atoms with Crippen LogP contribution in [0.4, 0.5) is 23.1 Å². The minimum atomic E-state index is 0.497. The molecule has 0 bridgehead atoms. The van der Waals surface area contributed by atoms with E-state index in [0.29, 0.717) is 16.7 Å². The molecule has 3 aromatic rings. The number of para-hydroxylation sites is 1. The van der Waals surface area contributed by atoms with Gasteiger partial charge in [-0.05, 0) is 43.7 Å². The molecule has 0 unspecified atom stereocenters. The van der Waals surface area contributed by atoms with Gasteiger partial charge in [-0.3, -0.25) is 0 Å². The standard InChI is InChI=1S/C20H21ClN4O/c1-4-25(15-8-6-5-7-9-15)19-10-11-22-20(24-19)23-17-12-14(2)16(21)13-18(17)26-3/h5-13H,4H2,1-3H3,(H,22,23,24). The van der Waals surface area contributed by atoms with Crippen LogP contribution < -0.4 is 15.0 Å². The zero-order chi connectivity index (χ0) is 18.5. The molecular formula is C20H21ClN4O. The highest BCUT2D eigenvalue weighted by Crippen LogP contribution is 2.33. The Morgan fingerprint density at radius 1 is 1.15 bits per heavy atom. The van der Waals surface area contributed by atoms with E-state index >= 15 is 0 Å². The fraction of sp³-hybridized carbons (Fsp3) is 0.200. The van der Waals surface area contributed by atoms with Crippen molar-refractivity contribution >= 4 is 34.7 Å². The summed E-state index contributed by atoms with van der Waals surface area (Å²) < 4.78 is 5.41. The smallest absolute Gasteiger partial charge is 0.229 e. The van der Waals surface area contributed by atoms with Crippen LogP contribution in [-0.4, -0.2) is 23.6 Å². The van der Waals surface area contributed by atoms with Crippen LogP contribution in [0.3, 0.4) is 0 Å². The molecule has 1 aromatic heterocycles. The molecule has 0 atom stereocenters. The fourth-order valence-electron chi connectivity index (χ4n) is 2.69. The molecule has 0 amide bonds. The molecule has 2 aromatic carbocycles. The van der Waals surface area contributed by atoms with Crippen molar-refractivity contribution in [2.75, 3.05) is 23.9 Å². The molecule has 5 nitrogen and oxygen atoms in total. The molecule has 3 rings (SSSR count). The molecule has 0 saturated carbocycles. The van der Waals surface area contributed by atoms with Crippen molar-refractivity contribution in [3.8, 4) is 5.75 Å². The van der Waals surface area contributed by atoms with E-state index in [-0.39, 0.29) is 0 Å². The molecule has 0 radical (unpaired) electrons. The SMILES string of the molecule is CCN(c1ccccc1)c1ccnc(Nc2cc(C)c(Cl)cc2OC)n1. The molecule has 0 aliphatic heterocycles. The molecule has 1 heterocycles. The average Bonchev–Trinajstić information content (AvgIpc) is 2.66. The van der Waals surface area contributed by atoms with E-state index in [9.17, 15) is 0 Å². The second-order valence-electron chi connectivity index (χ2n) is 5.74. The van der Waals surface area contributed by atoms with Gasteiger partial charge in [0.25, 0.3) is 0 Å². The normalized spacial score (nSPS) is 10.5. The first-order chi connectivity index (χ1) is 12.6. The summed E-state index contributed by atoms with van der Waals surface area (Å²) in [7, 11) is 1.61. The van der Waals surface area contributed by atoms with E-state index in [0.717, 1.165) is 29.3 Å². The van der Waals surface area contributed by atoms with Crippen LogP contribution in [0.15, 0.2) is 54.7 Å². The Balaban J connectivity index is 1.92. The number of methoxy groups -OCH3 is 1. The summed E-state index contributed by atoms with van der Waals surface area (Å²) in [5.74, 6) is 1.96. The van der Waals surface area contributed by atoms with Crippen molar-refractivity contribution in [2.45, 2.75) is 13.8 Å². The molecular weight excluding hydrogens is 348 g/mol. The maximum atomic E-state index is 6.18. The van der Waals surface area contributed by atoms with Gasteiger partial charge in [-0.1, -0.05) is 29.8 Å². The first-order valence-electron chi connectivity index (χ1n) is 8.39. The number of benzene rings is 2. The summed E-state index contributed by atoms with van der Waals surface area (Å²) >= 11 is 6.18. The van der Waals surface area contributed by atoms with Crippen molar-refractivity contribution in [3.63, 3.8) is 0 Å². The van der Waals surface area contributed by atoms with Gasteiger partial charge in [0.1, 0.15) is 11.6 Å². The van der Waals surface area contributed by atoms with Gasteiger partial charge in [0.15, 0.2) is 0 Å². The summed E-state index contributed by atoms with van der Waals surface area (Å²) in [5, 5.41) is 3.89. The third-order valence-corrected chi connectivity index (χ3v) is 4.44. The van der Waals surface area contributed by atoms with E-state index in [1.807, 2.05) is 37.3 Å². The van der Waals surface area contributed by atoms with Crippen LogP contribution in [0, 0.1) is 6.92 Å². The van der Waals surface area contributed by atoms with Gasteiger partial charge < -0.3 is 15.0 Å². The van der Waals surface area contributed by atoms with Crippen LogP contribution in [0.1, 0.15) is 12.5 Å².